The molecule has 0 radical (unpaired) electrons. The molecule has 8 nitrogen and oxygen atoms in total. The molecule has 0 saturated heterocycles. The maximum atomic E-state index is 12.6. The summed E-state index contributed by atoms with van der Waals surface area (Å²) in [7, 11) is 3.73. The molecule has 3 aromatic rings. The maximum absolute atomic E-state index is 12.6. The van der Waals surface area contributed by atoms with Gasteiger partial charge in [-0.1, -0.05) is 0 Å². The van der Waals surface area contributed by atoms with E-state index in [2.05, 4.69) is 25.7 Å². The van der Waals surface area contributed by atoms with E-state index < -0.39 is 17.8 Å². The van der Waals surface area contributed by atoms with Crippen molar-refractivity contribution in [2.45, 2.75) is 6.18 Å². The van der Waals surface area contributed by atoms with Crippen LogP contribution in [-0.2, 0) is 6.18 Å². The summed E-state index contributed by atoms with van der Waals surface area (Å²) in [5, 5.41) is 9.05. The average Bonchev–Trinajstić information content (AvgIpc) is 3.09. The van der Waals surface area contributed by atoms with Gasteiger partial charge in [0.25, 0.3) is 5.95 Å². The van der Waals surface area contributed by atoms with Crippen LogP contribution in [0.25, 0.3) is 5.95 Å². The summed E-state index contributed by atoms with van der Waals surface area (Å²) in [6.07, 6.45) is 1.75. The lowest BCUT2D eigenvalue weighted by atomic mass is 10.2. The summed E-state index contributed by atoms with van der Waals surface area (Å²) in [5.41, 5.74) is 0.621. The van der Waals surface area contributed by atoms with Gasteiger partial charge in [-0.3, -0.25) is 0 Å². The highest BCUT2D eigenvalue weighted by atomic mass is 19.4. The number of hydrogen-bond donors (Lipinski definition) is 2. The molecular weight excluding hydrogens is 375 g/mol. The Kier molecular flexibility index (Phi) is 5.16. The second-order valence-corrected chi connectivity index (χ2v) is 5.96. The minimum atomic E-state index is -4.43. The van der Waals surface area contributed by atoms with Crippen LogP contribution in [0.15, 0.2) is 49.1 Å². The Hall–Kier alpha value is -3.63. The van der Waals surface area contributed by atoms with Gasteiger partial charge in [-0.2, -0.15) is 18.3 Å². The van der Waals surface area contributed by atoms with Crippen molar-refractivity contribution in [1.82, 2.24) is 19.7 Å². The predicted molar refractivity (Wildman–Crippen MR) is 97.6 cm³/mol. The Morgan fingerprint density at radius 3 is 2.18 bits per heavy atom. The van der Waals surface area contributed by atoms with Crippen LogP contribution in [0.4, 0.5) is 35.0 Å². The van der Waals surface area contributed by atoms with Crippen molar-refractivity contribution in [2.75, 3.05) is 29.6 Å². The van der Waals surface area contributed by atoms with Gasteiger partial charge >= 0.3 is 12.2 Å². The molecule has 0 bridgehead atoms. The number of amides is 2. The van der Waals surface area contributed by atoms with Crippen molar-refractivity contribution in [1.29, 1.82) is 0 Å². The second-order valence-electron chi connectivity index (χ2n) is 5.96. The standard InChI is InChI=1S/C17H16F3N7O/c1-26(2)14-8-21-15(22-9-14)27-10-13(7-23-27)25-16(28)24-12-5-3-11(4-6-12)17(18,19)20/h3-10H,1-2H3,(H2,24,25,28). The molecule has 0 unspecified atom stereocenters. The van der Waals surface area contributed by atoms with E-state index in [1.165, 1.54) is 29.2 Å². The normalized spacial score (nSPS) is 11.2. The molecule has 0 aliphatic carbocycles. The first-order valence-electron chi connectivity index (χ1n) is 8.02. The van der Waals surface area contributed by atoms with Crippen LogP contribution >= 0.6 is 0 Å². The minimum Gasteiger partial charge on any atom is -0.375 e. The topological polar surface area (TPSA) is 88.0 Å². The third-order valence-corrected chi connectivity index (χ3v) is 3.66. The smallest absolute Gasteiger partial charge is 0.375 e. The summed E-state index contributed by atoms with van der Waals surface area (Å²) in [6, 6.07) is 3.51. The van der Waals surface area contributed by atoms with E-state index in [-0.39, 0.29) is 5.69 Å². The Balaban J connectivity index is 1.62. The number of urea groups is 1. The molecule has 1 aromatic carbocycles. The molecule has 2 N–H and O–H groups in total. The molecule has 0 fully saturated rings. The first-order valence-corrected chi connectivity index (χ1v) is 8.02. The van der Waals surface area contributed by atoms with Crippen LogP contribution < -0.4 is 15.5 Å². The third-order valence-electron chi connectivity index (χ3n) is 3.66. The summed E-state index contributed by atoms with van der Waals surface area (Å²) in [4.78, 5) is 22.2. The zero-order chi connectivity index (χ0) is 20.3. The fourth-order valence-electron chi connectivity index (χ4n) is 2.20. The number of hydrogen-bond acceptors (Lipinski definition) is 5. The van der Waals surface area contributed by atoms with Crippen molar-refractivity contribution in [3.05, 3.63) is 54.6 Å². The molecule has 0 aliphatic rings. The number of anilines is 3. The summed E-state index contributed by atoms with van der Waals surface area (Å²) in [6.45, 7) is 0. The van der Waals surface area contributed by atoms with Crippen LogP contribution in [0.1, 0.15) is 5.56 Å². The lowest BCUT2D eigenvalue weighted by molar-refractivity contribution is -0.137. The number of carbonyl (C=O) groups is 1. The lowest BCUT2D eigenvalue weighted by Gasteiger charge is -2.10. The number of nitrogens with zero attached hydrogens (tertiary/aromatic N) is 5. The molecule has 2 amide bonds. The molecule has 11 heteroatoms. The Labute approximate surface area is 158 Å². The SMILES string of the molecule is CN(C)c1cnc(-n2cc(NC(=O)Nc3ccc(C(F)(F)F)cc3)cn2)nc1. The monoisotopic (exact) mass is 391 g/mol. The predicted octanol–water partition coefficient (Wildman–Crippen LogP) is 3.39. The summed E-state index contributed by atoms with van der Waals surface area (Å²) < 4.78 is 39.0. The van der Waals surface area contributed by atoms with Gasteiger partial charge in [0.2, 0.25) is 0 Å². The van der Waals surface area contributed by atoms with Gasteiger partial charge in [0.15, 0.2) is 0 Å². The average molecular weight is 391 g/mol. The van der Waals surface area contributed by atoms with Crippen molar-refractivity contribution in [3.8, 4) is 5.95 Å². The highest BCUT2D eigenvalue weighted by Crippen LogP contribution is 2.29. The maximum Gasteiger partial charge on any atom is 0.416 e. The summed E-state index contributed by atoms with van der Waals surface area (Å²) >= 11 is 0. The Bertz CT molecular complexity index is 950. The Morgan fingerprint density at radius 2 is 1.61 bits per heavy atom. The quantitative estimate of drug-likeness (QED) is 0.712. The molecule has 146 valence electrons. The fourth-order valence-corrected chi connectivity index (χ4v) is 2.20. The molecular formula is C17H16F3N7O. The van der Waals surface area contributed by atoms with Crippen LogP contribution in [-0.4, -0.2) is 39.9 Å². The van der Waals surface area contributed by atoms with Gasteiger partial charge in [0, 0.05) is 19.8 Å². The first-order chi connectivity index (χ1) is 13.2. The Morgan fingerprint density at radius 1 is 1.00 bits per heavy atom. The van der Waals surface area contributed by atoms with Gasteiger partial charge in [-0.05, 0) is 24.3 Å². The number of benzene rings is 1. The van der Waals surface area contributed by atoms with Gasteiger partial charge < -0.3 is 15.5 Å². The number of alkyl halides is 3. The number of halogens is 3. The van der Waals surface area contributed by atoms with E-state index in [0.29, 0.717) is 11.6 Å². The van der Waals surface area contributed by atoms with Crippen molar-refractivity contribution in [3.63, 3.8) is 0 Å². The van der Waals surface area contributed by atoms with E-state index in [1.807, 2.05) is 19.0 Å². The van der Waals surface area contributed by atoms with Gasteiger partial charge in [0.1, 0.15) is 0 Å². The zero-order valence-corrected chi connectivity index (χ0v) is 14.9. The van der Waals surface area contributed by atoms with Crippen LogP contribution in [0.3, 0.4) is 0 Å². The van der Waals surface area contributed by atoms with Crippen molar-refractivity contribution >= 4 is 23.1 Å². The number of rotatable bonds is 4. The van der Waals surface area contributed by atoms with E-state index >= 15 is 0 Å². The van der Waals surface area contributed by atoms with Crippen LogP contribution in [0, 0.1) is 0 Å². The first kappa shape index (κ1) is 19.1. The zero-order valence-electron chi connectivity index (χ0n) is 14.9. The summed E-state index contributed by atoms with van der Waals surface area (Å²) in [5.74, 6) is 0.321. The highest BCUT2D eigenvalue weighted by Gasteiger charge is 2.29. The third kappa shape index (κ3) is 4.55. The number of nitrogens with one attached hydrogen (secondary N) is 2. The van der Waals surface area contributed by atoms with E-state index in [4.69, 9.17) is 0 Å². The van der Waals surface area contributed by atoms with Gasteiger partial charge in [-0.15, -0.1) is 0 Å². The van der Waals surface area contributed by atoms with Crippen LogP contribution in [0.2, 0.25) is 0 Å². The van der Waals surface area contributed by atoms with Gasteiger partial charge in [0.05, 0.1) is 41.7 Å². The van der Waals surface area contributed by atoms with Crippen molar-refractivity contribution in [2.24, 2.45) is 0 Å². The molecule has 0 spiro atoms. The molecule has 3 rings (SSSR count). The minimum absolute atomic E-state index is 0.223. The second kappa shape index (κ2) is 7.55. The molecule has 0 atom stereocenters. The molecule has 2 heterocycles. The van der Waals surface area contributed by atoms with E-state index in [0.717, 1.165) is 17.8 Å². The van der Waals surface area contributed by atoms with Crippen molar-refractivity contribution < 1.29 is 18.0 Å². The molecule has 2 aromatic heterocycles. The highest BCUT2D eigenvalue weighted by molar-refractivity contribution is 5.99. The molecule has 28 heavy (non-hydrogen) atoms. The van der Waals surface area contributed by atoms with Gasteiger partial charge in [-0.25, -0.2) is 19.4 Å². The number of carbonyl (C=O) groups excluding carboxylic acids is 1. The molecule has 0 saturated carbocycles. The lowest BCUT2D eigenvalue weighted by Crippen LogP contribution is -2.19. The largest absolute Gasteiger partial charge is 0.416 e. The number of aromatic nitrogens is 4. The van der Waals surface area contributed by atoms with Crippen LogP contribution in [0.5, 0.6) is 0 Å². The van der Waals surface area contributed by atoms with E-state index in [1.54, 1.807) is 12.4 Å². The van der Waals surface area contributed by atoms with E-state index in [9.17, 15) is 18.0 Å². The molecule has 0 aliphatic heterocycles. The fraction of sp³-hybridized carbons (Fsp3) is 0.176.